The van der Waals surface area contributed by atoms with Crippen molar-refractivity contribution in [1.82, 2.24) is 0 Å². The summed E-state index contributed by atoms with van der Waals surface area (Å²) in [4.78, 5) is 0. The molecule has 0 aromatic rings. The Hall–Kier alpha value is -1.22. The minimum absolute atomic E-state index is 0.0517. The Balaban J connectivity index is 1.79. The van der Waals surface area contributed by atoms with E-state index in [2.05, 4.69) is 42.8 Å². The monoisotopic (exact) mass is 372 g/mol. The van der Waals surface area contributed by atoms with E-state index in [1.165, 1.54) is 44.9 Å². The molecule has 1 atom stereocenters. The number of ether oxygens (including phenoxy) is 2. The van der Waals surface area contributed by atoms with Crippen LogP contribution in [-0.2, 0) is 9.47 Å². The maximum absolute atomic E-state index is 5.73. The fourth-order valence-corrected chi connectivity index (χ4v) is 2.91. The van der Waals surface area contributed by atoms with Crippen molar-refractivity contribution in [2.45, 2.75) is 110 Å². The highest BCUT2D eigenvalue weighted by Crippen LogP contribution is 2.14. The number of rotatable bonds is 13. The zero-order valence-corrected chi connectivity index (χ0v) is 17.6. The summed E-state index contributed by atoms with van der Waals surface area (Å²) in [7, 11) is 0. The summed E-state index contributed by atoms with van der Waals surface area (Å²) in [5.41, 5.74) is 0. The summed E-state index contributed by atoms with van der Waals surface area (Å²) in [5.74, 6) is 13.2. The van der Waals surface area contributed by atoms with Crippen molar-refractivity contribution in [2.75, 3.05) is 13.2 Å². The Bertz CT molecular complexity index is 466. The number of unbranched alkanes of at least 4 members (excludes halogenated alkanes) is 8. The molecule has 0 spiro atoms. The molecule has 1 fully saturated rings. The van der Waals surface area contributed by atoms with Gasteiger partial charge in [0, 0.05) is 38.9 Å². The van der Waals surface area contributed by atoms with Crippen molar-refractivity contribution >= 4 is 0 Å². The van der Waals surface area contributed by atoms with E-state index in [4.69, 9.17) is 9.47 Å². The Morgan fingerprint density at radius 3 is 2.04 bits per heavy atom. The van der Waals surface area contributed by atoms with Crippen LogP contribution < -0.4 is 0 Å². The quantitative estimate of drug-likeness (QED) is 0.201. The van der Waals surface area contributed by atoms with E-state index in [-0.39, 0.29) is 6.29 Å². The summed E-state index contributed by atoms with van der Waals surface area (Å²) in [6.07, 6.45) is 21.5. The molecule has 0 bridgehead atoms. The minimum Gasteiger partial charge on any atom is -0.353 e. The number of hydrogen-bond acceptors (Lipinski definition) is 2. The van der Waals surface area contributed by atoms with Crippen LogP contribution in [-0.4, -0.2) is 19.5 Å². The van der Waals surface area contributed by atoms with Crippen molar-refractivity contribution in [3.05, 3.63) is 12.2 Å². The first-order chi connectivity index (χ1) is 13.4. The molecule has 1 heterocycles. The lowest BCUT2D eigenvalue weighted by Crippen LogP contribution is -2.22. The van der Waals surface area contributed by atoms with Gasteiger partial charge in [-0.25, -0.2) is 0 Å². The highest BCUT2D eigenvalue weighted by molar-refractivity contribution is 5.00. The Morgan fingerprint density at radius 2 is 1.44 bits per heavy atom. The lowest BCUT2D eigenvalue weighted by Gasteiger charge is -2.22. The van der Waals surface area contributed by atoms with E-state index in [0.717, 1.165) is 64.6 Å². The van der Waals surface area contributed by atoms with E-state index in [1.54, 1.807) is 0 Å². The van der Waals surface area contributed by atoms with Gasteiger partial charge in [0.1, 0.15) is 0 Å². The first kappa shape index (κ1) is 23.8. The summed E-state index contributed by atoms with van der Waals surface area (Å²) >= 11 is 0. The Kier molecular flexibility index (Phi) is 17.2. The summed E-state index contributed by atoms with van der Waals surface area (Å²) in [5, 5.41) is 0. The maximum Gasteiger partial charge on any atom is 0.157 e. The van der Waals surface area contributed by atoms with Crippen LogP contribution in [0.3, 0.4) is 0 Å². The van der Waals surface area contributed by atoms with Crippen LogP contribution in [0.1, 0.15) is 103 Å². The lowest BCUT2D eigenvalue weighted by molar-refractivity contribution is -0.162. The highest BCUT2D eigenvalue weighted by Gasteiger charge is 2.12. The molecule has 0 radical (unpaired) electrons. The van der Waals surface area contributed by atoms with Crippen LogP contribution in [0.25, 0.3) is 0 Å². The molecule has 0 amide bonds. The second kappa shape index (κ2) is 19.5. The molecule has 27 heavy (non-hydrogen) atoms. The summed E-state index contributed by atoms with van der Waals surface area (Å²) in [6, 6.07) is 0. The molecule has 0 aromatic heterocycles. The van der Waals surface area contributed by atoms with Gasteiger partial charge in [-0.15, -0.1) is 23.7 Å². The second-order valence-electron chi connectivity index (χ2n) is 7.16. The van der Waals surface area contributed by atoms with Crippen molar-refractivity contribution in [1.29, 1.82) is 0 Å². The standard InChI is InChI=1S/C25H40O2/c1-2-3-4-5-6-7-8-9-10-11-12-13-14-15-16-17-18-20-23-26-25-22-19-21-24-27-25/h3-4,25H,2,5-8,11-14,17-24H2,1H3. The molecular weight excluding hydrogens is 332 g/mol. The average Bonchev–Trinajstić information content (AvgIpc) is 2.70. The van der Waals surface area contributed by atoms with Crippen molar-refractivity contribution in [2.24, 2.45) is 0 Å². The molecule has 1 saturated heterocycles. The third kappa shape index (κ3) is 16.7. The molecule has 0 aromatic carbocycles. The van der Waals surface area contributed by atoms with E-state index in [9.17, 15) is 0 Å². The Labute approximate surface area is 168 Å². The number of allylic oxidation sites excluding steroid dienone is 2. The highest BCUT2D eigenvalue weighted by atomic mass is 16.7. The second-order valence-corrected chi connectivity index (χ2v) is 7.16. The van der Waals surface area contributed by atoms with Gasteiger partial charge in [-0.3, -0.25) is 0 Å². The van der Waals surface area contributed by atoms with Gasteiger partial charge in [0.2, 0.25) is 0 Å². The zero-order chi connectivity index (χ0) is 19.3. The maximum atomic E-state index is 5.73. The smallest absolute Gasteiger partial charge is 0.157 e. The molecular formula is C25H40O2. The van der Waals surface area contributed by atoms with Crippen molar-refractivity contribution in [3.8, 4) is 23.7 Å². The lowest BCUT2D eigenvalue weighted by atomic mass is 10.1. The fourth-order valence-electron chi connectivity index (χ4n) is 2.91. The summed E-state index contributed by atoms with van der Waals surface area (Å²) < 4.78 is 11.3. The van der Waals surface area contributed by atoms with Gasteiger partial charge < -0.3 is 9.47 Å². The molecule has 1 rings (SSSR count). The van der Waals surface area contributed by atoms with Gasteiger partial charge in [0.05, 0.1) is 0 Å². The normalized spacial score (nSPS) is 16.6. The van der Waals surface area contributed by atoms with Crippen LogP contribution in [0.5, 0.6) is 0 Å². The van der Waals surface area contributed by atoms with E-state index in [1.807, 2.05) is 0 Å². The average molecular weight is 373 g/mol. The van der Waals surface area contributed by atoms with Crippen LogP contribution in [0, 0.1) is 23.7 Å². The van der Waals surface area contributed by atoms with Gasteiger partial charge in [0.15, 0.2) is 6.29 Å². The largest absolute Gasteiger partial charge is 0.353 e. The predicted molar refractivity (Wildman–Crippen MR) is 115 cm³/mol. The van der Waals surface area contributed by atoms with Crippen LogP contribution >= 0.6 is 0 Å². The number of hydrogen-bond donors (Lipinski definition) is 0. The third-order valence-corrected chi connectivity index (χ3v) is 4.57. The first-order valence-corrected chi connectivity index (χ1v) is 11.2. The molecule has 1 aliphatic heterocycles. The van der Waals surface area contributed by atoms with Gasteiger partial charge >= 0.3 is 0 Å². The third-order valence-electron chi connectivity index (χ3n) is 4.57. The molecule has 1 aliphatic rings. The van der Waals surface area contributed by atoms with Crippen molar-refractivity contribution < 1.29 is 9.47 Å². The van der Waals surface area contributed by atoms with Gasteiger partial charge in [0.25, 0.3) is 0 Å². The topological polar surface area (TPSA) is 18.5 Å². The van der Waals surface area contributed by atoms with Gasteiger partial charge in [-0.05, 0) is 70.6 Å². The van der Waals surface area contributed by atoms with E-state index >= 15 is 0 Å². The van der Waals surface area contributed by atoms with Gasteiger partial charge in [-0.2, -0.15) is 0 Å². The summed E-state index contributed by atoms with van der Waals surface area (Å²) in [6.45, 7) is 3.84. The molecule has 1 unspecified atom stereocenters. The van der Waals surface area contributed by atoms with Crippen LogP contribution in [0.4, 0.5) is 0 Å². The van der Waals surface area contributed by atoms with Crippen LogP contribution in [0.15, 0.2) is 12.2 Å². The molecule has 0 saturated carbocycles. The molecule has 0 aliphatic carbocycles. The predicted octanol–water partition coefficient (Wildman–Crippen LogP) is 6.79. The van der Waals surface area contributed by atoms with Crippen molar-refractivity contribution in [3.63, 3.8) is 0 Å². The van der Waals surface area contributed by atoms with Crippen LogP contribution in [0.2, 0.25) is 0 Å². The Morgan fingerprint density at radius 1 is 0.815 bits per heavy atom. The minimum atomic E-state index is 0.0517. The molecule has 2 heteroatoms. The molecule has 2 nitrogen and oxygen atoms in total. The van der Waals surface area contributed by atoms with E-state index in [0.29, 0.717) is 0 Å². The van der Waals surface area contributed by atoms with E-state index < -0.39 is 0 Å². The first-order valence-electron chi connectivity index (χ1n) is 11.2. The SMILES string of the molecule is CCC=CCCCCC#CCCCCC#CCCCCOC1CCCCO1. The zero-order valence-electron chi connectivity index (χ0n) is 17.6. The molecule has 0 N–H and O–H groups in total. The van der Waals surface area contributed by atoms with Gasteiger partial charge in [-0.1, -0.05) is 19.1 Å². The fraction of sp³-hybridized carbons (Fsp3) is 0.760. The molecule has 152 valence electrons.